The number of benzene rings is 2. The van der Waals surface area contributed by atoms with E-state index in [2.05, 4.69) is 41.5 Å². The van der Waals surface area contributed by atoms with E-state index in [4.69, 9.17) is 9.47 Å². The topological polar surface area (TPSA) is 83.5 Å². The van der Waals surface area contributed by atoms with Crippen LogP contribution in [0.15, 0.2) is 47.8 Å². The number of thiazole rings is 1. The first-order chi connectivity index (χ1) is 14.0. The monoisotopic (exact) mass is 411 g/mol. The van der Waals surface area contributed by atoms with Crippen LogP contribution < -0.4 is 19.9 Å². The average Bonchev–Trinajstić information content (AvgIpc) is 3.14. The second kappa shape index (κ2) is 9.93. The minimum Gasteiger partial charge on any atom is -0.550 e. The summed E-state index contributed by atoms with van der Waals surface area (Å²) in [6.07, 6.45) is -0.181. The average molecular weight is 412 g/mol. The van der Waals surface area contributed by atoms with Crippen molar-refractivity contribution >= 4 is 22.4 Å². The molecule has 6 nitrogen and oxygen atoms in total. The van der Waals surface area contributed by atoms with Gasteiger partial charge in [-0.05, 0) is 37.1 Å². The highest BCUT2D eigenvalue weighted by Crippen LogP contribution is 2.30. The number of carboxylic acids is 1. The summed E-state index contributed by atoms with van der Waals surface area (Å²) < 4.78 is 11.7. The van der Waals surface area contributed by atoms with Crippen molar-refractivity contribution in [3.63, 3.8) is 0 Å². The molecule has 152 valence electrons. The third kappa shape index (κ3) is 6.22. The molecule has 1 aromatic heterocycles. The lowest BCUT2D eigenvalue weighted by molar-refractivity contribution is -0.304. The van der Waals surface area contributed by atoms with E-state index in [0.29, 0.717) is 42.1 Å². The van der Waals surface area contributed by atoms with Gasteiger partial charge in [0.2, 0.25) is 0 Å². The van der Waals surface area contributed by atoms with Gasteiger partial charge < -0.3 is 24.7 Å². The van der Waals surface area contributed by atoms with E-state index < -0.39 is 5.97 Å². The van der Waals surface area contributed by atoms with E-state index >= 15 is 0 Å². The zero-order valence-electron chi connectivity index (χ0n) is 16.4. The summed E-state index contributed by atoms with van der Waals surface area (Å²) in [5.41, 5.74) is 3.81. The Balaban J connectivity index is 1.62. The van der Waals surface area contributed by atoms with Crippen molar-refractivity contribution in [3.05, 3.63) is 70.2 Å². The number of nitrogens with zero attached hydrogens (tertiary/aromatic N) is 1. The molecule has 1 N–H and O–H groups in total. The quantitative estimate of drug-likeness (QED) is 0.551. The predicted molar refractivity (Wildman–Crippen MR) is 111 cm³/mol. The molecule has 0 saturated heterocycles. The lowest BCUT2D eigenvalue weighted by atomic mass is 10.1. The Morgan fingerprint density at radius 1 is 1.10 bits per heavy atom. The van der Waals surface area contributed by atoms with E-state index in [1.807, 2.05) is 25.1 Å². The highest BCUT2D eigenvalue weighted by atomic mass is 32.1. The van der Waals surface area contributed by atoms with Gasteiger partial charge in [-0.1, -0.05) is 35.9 Å². The Labute approximate surface area is 174 Å². The summed E-state index contributed by atoms with van der Waals surface area (Å²) in [5, 5.41) is 16.2. The van der Waals surface area contributed by atoms with Crippen molar-refractivity contribution in [1.29, 1.82) is 0 Å². The van der Waals surface area contributed by atoms with E-state index in [1.54, 1.807) is 5.38 Å². The van der Waals surface area contributed by atoms with Crippen molar-refractivity contribution in [2.75, 3.05) is 11.9 Å². The van der Waals surface area contributed by atoms with Crippen LogP contribution in [0.4, 0.5) is 5.13 Å². The number of aliphatic carboxylic acids is 1. The Morgan fingerprint density at radius 2 is 1.86 bits per heavy atom. The van der Waals surface area contributed by atoms with Crippen LogP contribution in [0.25, 0.3) is 0 Å². The molecule has 29 heavy (non-hydrogen) atoms. The Hall–Kier alpha value is -3.06. The normalized spacial score (nSPS) is 10.6. The summed E-state index contributed by atoms with van der Waals surface area (Å²) >= 11 is 1.37. The Bertz CT molecular complexity index is 954. The molecule has 0 fully saturated rings. The minimum absolute atomic E-state index is 0.181. The first-order valence-electron chi connectivity index (χ1n) is 9.35. The highest BCUT2D eigenvalue weighted by molar-refractivity contribution is 7.13. The number of carbonyl (C=O) groups is 1. The molecule has 3 aromatic rings. The zero-order valence-corrected chi connectivity index (χ0v) is 17.3. The third-order valence-corrected chi connectivity index (χ3v) is 4.99. The molecule has 0 aliphatic heterocycles. The number of nitrogens with one attached hydrogen (secondary N) is 1. The van der Waals surface area contributed by atoms with Gasteiger partial charge >= 0.3 is 0 Å². The number of ether oxygens (including phenoxy) is 2. The van der Waals surface area contributed by atoms with Crippen LogP contribution in [0.3, 0.4) is 0 Å². The summed E-state index contributed by atoms with van der Waals surface area (Å²) in [6, 6.07) is 14.0. The molecular formula is C22H23N2O4S-. The third-order valence-electron chi connectivity index (χ3n) is 4.14. The lowest BCUT2D eigenvalue weighted by Gasteiger charge is -2.14. The number of hydrogen-bond acceptors (Lipinski definition) is 7. The fourth-order valence-electron chi connectivity index (χ4n) is 2.69. The lowest BCUT2D eigenvalue weighted by Crippen LogP contribution is -2.24. The molecule has 0 atom stereocenters. The van der Waals surface area contributed by atoms with E-state index in [1.165, 1.54) is 16.9 Å². The molecular weight excluding hydrogens is 388 g/mol. The molecule has 0 bridgehead atoms. The molecule has 0 amide bonds. The smallest absolute Gasteiger partial charge is 0.183 e. The molecule has 1 heterocycles. The Kier molecular flexibility index (Phi) is 7.08. The number of aromatic nitrogens is 1. The number of aryl methyl sites for hydroxylation is 1. The predicted octanol–water partition coefficient (Wildman–Crippen LogP) is 3.33. The van der Waals surface area contributed by atoms with Crippen LogP contribution in [-0.2, 0) is 24.4 Å². The van der Waals surface area contributed by atoms with E-state index in [0.717, 1.165) is 11.1 Å². The van der Waals surface area contributed by atoms with Gasteiger partial charge in [-0.25, -0.2) is 4.98 Å². The van der Waals surface area contributed by atoms with Gasteiger partial charge in [0.05, 0.1) is 12.3 Å². The minimum atomic E-state index is -1.13. The van der Waals surface area contributed by atoms with Gasteiger partial charge in [-0.15, -0.1) is 11.3 Å². The zero-order chi connectivity index (χ0) is 20.6. The van der Waals surface area contributed by atoms with Gasteiger partial charge in [0.1, 0.15) is 6.61 Å². The number of hydrogen-bond donors (Lipinski definition) is 1. The fraction of sp³-hybridized carbons (Fsp3) is 0.273. The molecule has 7 heteroatoms. The van der Waals surface area contributed by atoms with Crippen molar-refractivity contribution in [2.24, 2.45) is 0 Å². The molecule has 0 aliphatic rings. The van der Waals surface area contributed by atoms with Crippen LogP contribution in [0.2, 0.25) is 0 Å². The number of carboxylic acid groups (broad SMARTS) is 1. The van der Waals surface area contributed by atoms with E-state index in [-0.39, 0.29) is 6.42 Å². The Morgan fingerprint density at radius 3 is 2.59 bits per heavy atom. The number of anilines is 1. The molecule has 2 aromatic carbocycles. The van der Waals surface area contributed by atoms with Crippen molar-refractivity contribution in [2.45, 2.75) is 33.4 Å². The SMILES string of the molecule is CCOc1cc(CNc2nc(CC(=O)[O-])cs2)ccc1OCc1ccc(C)cc1. The standard InChI is InChI=1S/C22H24N2O4S/c1-3-27-20-10-17(12-23-22-24-18(14-29-22)11-21(25)26)8-9-19(20)28-13-16-6-4-15(2)5-7-16/h4-10,14H,3,11-13H2,1-2H3,(H,23,24)(H,25,26)/p-1. The fourth-order valence-corrected chi connectivity index (χ4v) is 3.40. The summed E-state index contributed by atoms with van der Waals surface area (Å²) in [5.74, 6) is 0.252. The van der Waals surface area contributed by atoms with Gasteiger partial charge in [0.15, 0.2) is 16.6 Å². The number of rotatable bonds is 10. The molecule has 0 saturated carbocycles. The molecule has 3 rings (SSSR count). The summed E-state index contributed by atoms with van der Waals surface area (Å²) in [4.78, 5) is 14.9. The maximum absolute atomic E-state index is 10.7. The maximum atomic E-state index is 10.7. The molecule has 0 spiro atoms. The first kappa shape index (κ1) is 20.7. The van der Waals surface area contributed by atoms with Gasteiger partial charge in [0.25, 0.3) is 0 Å². The molecule has 0 unspecified atom stereocenters. The van der Waals surface area contributed by atoms with Gasteiger partial charge in [0, 0.05) is 24.3 Å². The van der Waals surface area contributed by atoms with Gasteiger partial charge in [-0.2, -0.15) is 0 Å². The van der Waals surface area contributed by atoms with E-state index in [9.17, 15) is 9.90 Å². The largest absolute Gasteiger partial charge is 0.550 e. The summed E-state index contributed by atoms with van der Waals surface area (Å²) in [7, 11) is 0. The van der Waals surface area contributed by atoms with Gasteiger partial charge in [-0.3, -0.25) is 0 Å². The van der Waals surface area contributed by atoms with Crippen molar-refractivity contribution in [3.8, 4) is 11.5 Å². The highest BCUT2D eigenvalue weighted by Gasteiger charge is 2.08. The molecule has 0 radical (unpaired) electrons. The van der Waals surface area contributed by atoms with Crippen molar-refractivity contribution < 1.29 is 19.4 Å². The maximum Gasteiger partial charge on any atom is 0.183 e. The summed E-state index contributed by atoms with van der Waals surface area (Å²) in [6.45, 7) is 5.54. The van der Waals surface area contributed by atoms with Crippen LogP contribution in [0.1, 0.15) is 29.3 Å². The first-order valence-corrected chi connectivity index (χ1v) is 10.2. The van der Waals surface area contributed by atoms with Crippen LogP contribution in [0.5, 0.6) is 11.5 Å². The second-order valence-electron chi connectivity index (χ2n) is 6.53. The van der Waals surface area contributed by atoms with Crippen molar-refractivity contribution in [1.82, 2.24) is 4.98 Å². The van der Waals surface area contributed by atoms with Crippen LogP contribution in [-0.4, -0.2) is 17.6 Å². The van der Waals surface area contributed by atoms with Crippen LogP contribution >= 0.6 is 11.3 Å². The molecule has 0 aliphatic carbocycles. The van der Waals surface area contributed by atoms with Crippen LogP contribution in [0, 0.1) is 6.92 Å². The second-order valence-corrected chi connectivity index (χ2v) is 7.39. The number of carbonyl (C=O) groups excluding carboxylic acids is 1.